The third-order valence-electron chi connectivity index (χ3n) is 2.71. The summed E-state index contributed by atoms with van der Waals surface area (Å²) in [6.45, 7) is -0.295. The molecule has 1 atom stereocenters. The molecule has 21 heavy (non-hydrogen) atoms. The van der Waals surface area contributed by atoms with Gasteiger partial charge in [-0.3, -0.25) is 4.79 Å². The van der Waals surface area contributed by atoms with Crippen molar-refractivity contribution in [1.29, 1.82) is 0 Å². The van der Waals surface area contributed by atoms with Crippen LogP contribution in [-0.4, -0.2) is 39.7 Å². The number of amides is 1. The first-order valence-electron chi connectivity index (χ1n) is 6.20. The van der Waals surface area contributed by atoms with E-state index in [1.165, 1.54) is 11.3 Å². The molecule has 1 amide bonds. The fourth-order valence-corrected chi connectivity index (χ4v) is 3.24. The van der Waals surface area contributed by atoms with Crippen LogP contribution in [0.1, 0.15) is 12.1 Å². The number of carbonyl (C=O) groups is 2. The molecule has 0 radical (unpaired) electrons. The molecule has 8 heteroatoms. The Bertz CT molecular complexity index is 609. The normalized spacial score (nSPS) is 12.0. The van der Waals surface area contributed by atoms with Gasteiger partial charge in [0.15, 0.2) is 0 Å². The molecule has 1 unspecified atom stereocenters. The Hall–Kier alpha value is -1.77. The molecule has 2 aromatic rings. The molecule has 6 nitrogen and oxygen atoms in total. The van der Waals surface area contributed by atoms with Crippen LogP contribution in [0.25, 0.3) is 10.6 Å². The highest BCUT2D eigenvalue weighted by Gasteiger charge is 2.19. The van der Waals surface area contributed by atoms with Crippen molar-refractivity contribution in [3.8, 4) is 10.6 Å². The average molecular weight is 326 g/mol. The number of hydrogen-bond acceptors (Lipinski definition) is 6. The van der Waals surface area contributed by atoms with Gasteiger partial charge in [0.1, 0.15) is 11.0 Å². The number of carboxylic acid groups (broad SMARTS) is 1. The summed E-state index contributed by atoms with van der Waals surface area (Å²) in [6.07, 6.45) is 0.00807. The van der Waals surface area contributed by atoms with E-state index in [4.69, 9.17) is 10.2 Å². The summed E-state index contributed by atoms with van der Waals surface area (Å²) < 4.78 is 0. The van der Waals surface area contributed by atoms with Gasteiger partial charge in [0.25, 0.3) is 0 Å². The number of hydrogen-bond donors (Lipinski definition) is 3. The van der Waals surface area contributed by atoms with Gasteiger partial charge in [-0.15, -0.1) is 11.3 Å². The minimum atomic E-state index is -1.16. The fraction of sp³-hybridized carbons (Fsp3) is 0.308. The lowest BCUT2D eigenvalue weighted by Crippen LogP contribution is -2.42. The molecule has 0 aliphatic carbocycles. The van der Waals surface area contributed by atoms with Crippen molar-refractivity contribution in [2.45, 2.75) is 18.9 Å². The monoisotopic (exact) mass is 326 g/mol. The van der Waals surface area contributed by atoms with E-state index in [1.54, 1.807) is 16.7 Å². The molecule has 0 bridgehead atoms. The minimum absolute atomic E-state index is 0.0156. The van der Waals surface area contributed by atoms with Crippen molar-refractivity contribution in [2.75, 3.05) is 6.61 Å². The Morgan fingerprint density at radius 3 is 2.81 bits per heavy atom. The summed E-state index contributed by atoms with van der Waals surface area (Å²) >= 11 is 3.02. The molecule has 3 N–H and O–H groups in total. The summed E-state index contributed by atoms with van der Waals surface area (Å²) in [7, 11) is 0. The Kier molecular flexibility index (Phi) is 5.43. The molecule has 112 valence electrons. The van der Waals surface area contributed by atoms with Gasteiger partial charge in [-0.2, -0.15) is 11.3 Å². The standard InChI is InChI=1S/C13H14N2O4S2/c16-3-1-10(13(18)19)15-11(17)5-9-7-21-12(14-9)8-2-4-20-6-8/h2,4,6-7,10,16H,1,3,5H2,(H,15,17)(H,18,19). The van der Waals surface area contributed by atoms with Gasteiger partial charge in [0.05, 0.1) is 12.1 Å². The van der Waals surface area contributed by atoms with E-state index < -0.39 is 17.9 Å². The zero-order valence-electron chi connectivity index (χ0n) is 11.0. The Morgan fingerprint density at radius 2 is 2.19 bits per heavy atom. The number of thiophene rings is 1. The van der Waals surface area contributed by atoms with Crippen LogP contribution in [0.5, 0.6) is 0 Å². The van der Waals surface area contributed by atoms with Crippen molar-refractivity contribution in [2.24, 2.45) is 0 Å². The van der Waals surface area contributed by atoms with Gasteiger partial charge in [-0.25, -0.2) is 9.78 Å². The predicted molar refractivity (Wildman–Crippen MR) is 80.4 cm³/mol. The fourth-order valence-electron chi connectivity index (χ4n) is 1.70. The van der Waals surface area contributed by atoms with Crippen LogP contribution in [0, 0.1) is 0 Å². The summed E-state index contributed by atoms with van der Waals surface area (Å²) in [5.74, 6) is -1.58. The first kappa shape index (κ1) is 15.6. The molecule has 0 aromatic carbocycles. The minimum Gasteiger partial charge on any atom is -0.480 e. The van der Waals surface area contributed by atoms with Gasteiger partial charge in [-0.05, 0) is 11.4 Å². The second-order valence-electron chi connectivity index (χ2n) is 4.30. The zero-order chi connectivity index (χ0) is 15.2. The van der Waals surface area contributed by atoms with Crippen LogP contribution in [0.15, 0.2) is 22.2 Å². The van der Waals surface area contributed by atoms with Crippen LogP contribution in [0.2, 0.25) is 0 Å². The molecule has 0 spiro atoms. The maximum Gasteiger partial charge on any atom is 0.326 e. The second kappa shape index (κ2) is 7.30. The van der Waals surface area contributed by atoms with Crippen molar-refractivity contribution < 1.29 is 19.8 Å². The highest BCUT2D eigenvalue weighted by Crippen LogP contribution is 2.25. The quantitative estimate of drug-likeness (QED) is 0.713. The van der Waals surface area contributed by atoms with E-state index in [1.807, 2.05) is 16.8 Å². The summed E-state index contributed by atoms with van der Waals surface area (Å²) in [5, 5.41) is 26.6. The number of aliphatic hydroxyl groups is 1. The number of thiazole rings is 1. The second-order valence-corrected chi connectivity index (χ2v) is 5.94. The lowest BCUT2D eigenvalue weighted by molar-refractivity contribution is -0.142. The van der Waals surface area contributed by atoms with Crippen molar-refractivity contribution in [3.63, 3.8) is 0 Å². The predicted octanol–water partition coefficient (Wildman–Crippen LogP) is 1.37. The molecule has 0 fully saturated rings. The number of carbonyl (C=O) groups excluding carboxylic acids is 1. The Morgan fingerprint density at radius 1 is 1.38 bits per heavy atom. The largest absolute Gasteiger partial charge is 0.480 e. The van der Waals surface area contributed by atoms with E-state index >= 15 is 0 Å². The lowest BCUT2D eigenvalue weighted by Gasteiger charge is -2.12. The first-order valence-corrected chi connectivity index (χ1v) is 8.02. The number of carboxylic acids is 1. The summed E-state index contributed by atoms with van der Waals surface area (Å²) in [4.78, 5) is 27.1. The van der Waals surface area contributed by atoms with Crippen LogP contribution in [0.3, 0.4) is 0 Å². The topological polar surface area (TPSA) is 99.5 Å². The van der Waals surface area contributed by atoms with Gasteiger partial charge in [0.2, 0.25) is 5.91 Å². The summed E-state index contributed by atoms with van der Waals surface area (Å²) in [6, 6.07) is 0.882. The van der Waals surface area contributed by atoms with E-state index in [2.05, 4.69) is 10.3 Å². The van der Waals surface area contributed by atoms with Gasteiger partial charge in [0, 0.05) is 29.4 Å². The zero-order valence-corrected chi connectivity index (χ0v) is 12.6. The van der Waals surface area contributed by atoms with E-state index in [9.17, 15) is 9.59 Å². The maximum absolute atomic E-state index is 11.8. The van der Waals surface area contributed by atoms with E-state index in [0.29, 0.717) is 5.69 Å². The highest BCUT2D eigenvalue weighted by atomic mass is 32.1. The van der Waals surface area contributed by atoms with Crippen LogP contribution in [-0.2, 0) is 16.0 Å². The van der Waals surface area contributed by atoms with Crippen molar-refractivity contribution in [3.05, 3.63) is 27.9 Å². The van der Waals surface area contributed by atoms with Gasteiger partial charge >= 0.3 is 5.97 Å². The number of aliphatic carboxylic acids is 1. The van der Waals surface area contributed by atoms with Crippen LogP contribution in [0.4, 0.5) is 0 Å². The molecule has 0 saturated heterocycles. The highest BCUT2D eigenvalue weighted by molar-refractivity contribution is 7.14. The number of nitrogens with one attached hydrogen (secondary N) is 1. The van der Waals surface area contributed by atoms with Crippen molar-refractivity contribution >= 4 is 34.6 Å². The average Bonchev–Trinajstić information content (AvgIpc) is 3.08. The van der Waals surface area contributed by atoms with E-state index in [-0.39, 0.29) is 19.4 Å². The van der Waals surface area contributed by atoms with Crippen LogP contribution < -0.4 is 5.32 Å². The molecular formula is C13H14N2O4S2. The number of aliphatic hydroxyl groups excluding tert-OH is 1. The molecule has 2 heterocycles. The molecular weight excluding hydrogens is 312 g/mol. The Balaban J connectivity index is 1.95. The SMILES string of the molecule is O=C(Cc1csc(-c2ccsc2)n1)NC(CCO)C(=O)O. The molecule has 2 rings (SSSR count). The number of nitrogens with zero attached hydrogens (tertiary/aromatic N) is 1. The smallest absolute Gasteiger partial charge is 0.326 e. The number of rotatable bonds is 7. The van der Waals surface area contributed by atoms with Crippen molar-refractivity contribution in [1.82, 2.24) is 10.3 Å². The summed E-state index contributed by atoms with van der Waals surface area (Å²) in [5.41, 5.74) is 1.62. The number of aromatic nitrogens is 1. The molecule has 0 aliphatic heterocycles. The third-order valence-corrected chi connectivity index (χ3v) is 4.34. The first-order chi connectivity index (χ1) is 10.1. The molecule has 2 aromatic heterocycles. The third kappa shape index (κ3) is 4.35. The molecule has 0 saturated carbocycles. The maximum atomic E-state index is 11.8. The van der Waals surface area contributed by atoms with E-state index in [0.717, 1.165) is 10.6 Å². The van der Waals surface area contributed by atoms with Gasteiger partial charge < -0.3 is 15.5 Å². The van der Waals surface area contributed by atoms with Crippen LogP contribution >= 0.6 is 22.7 Å². The molecule has 0 aliphatic rings. The lowest BCUT2D eigenvalue weighted by atomic mass is 10.2. The van der Waals surface area contributed by atoms with Gasteiger partial charge in [-0.1, -0.05) is 0 Å². The Labute approximate surface area is 129 Å².